The predicted molar refractivity (Wildman–Crippen MR) is 314 cm³/mol. The molecule has 0 amide bonds. The van der Waals surface area contributed by atoms with Crippen LogP contribution in [0.1, 0.15) is 49.9 Å². The van der Waals surface area contributed by atoms with Crippen LogP contribution >= 0.6 is 0 Å². The first kappa shape index (κ1) is 46.5. The third kappa shape index (κ3) is 7.23. The Bertz CT molecular complexity index is 3340. The van der Waals surface area contributed by atoms with Crippen molar-refractivity contribution in [1.82, 2.24) is 0 Å². The minimum atomic E-state index is -3.11. The number of rotatable bonds is 10. The predicted octanol–water partition coefficient (Wildman–Crippen LogP) is 10.1. The van der Waals surface area contributed by atoms with Gasteiger partial charge in [0.05, 0.1) is 0 Å². The highest BCUT2D eigenvalue weighted by Gasteiger charge is 2.49. The van der Waals surface area contributed by atoms with Gasteiger partial charge in [-0.15, -0.1) is 0 Å². The lowest BCUT2D eigenvalue weighted by molar-refractivity contribution is 0.421. The van der Waals surface area contributed by atoms with E-state index >= 15 is 0 Å². The van der Waals surface area contributed by atoms with Crippen molar-refractivity contribution in [3.8, 4) is 23.0 Å². The molecule has 0 atom stereocenters. The van der Waals surface area contributed by atoms with Crippen LogP contribution in [-0.4, -0.2) is 24.2 Å². The summed E-state index contributed by atoms with van der Waals surface area (Å²) >= 11 is 0. The summed E-state index contributed by atoms with van der Waals surface area (Å²) in [5, 5.41) is 13.3. The van der Waals surface area contributed by atoms with Crippen LogP contribution in [0.25, 0.3) is 0 Å². The fourth-order valence-corrected chi connectivity index (χ4v) is 25.2. The van der Waals surface area contributed by atoms with E-state index in [0.29, 0.717) is 0 Å². The van der Waals surface area contributed by atoms with Gasteiger partial charge in [0, 0.05) is 33.1 Å². The van der Waals surface area contributed by atoms with E-state index in [4.69, 9.17) is 9.47 Å². The third-order valence-corrected chi connectivity index (χ3v) is 29.7. The fourth-order valence-electron chi connectivity index (χ4n) is 12.7. The van der Waals surface area contributed by atoms with Crippen LogP contribution in [0, 0.1) is 0 Å². The minimum Gasteiger partial charge on any atom is -0.457 e. The molecule has 2 heterocycles. The Morgan fingerprint density at radius 3 is 0.904 bits per heavy atom. The van der Waals surface area contributed by atoms with Gasteiger partial charge in [-0.2, -0.15) is 0 Å². The molecule has 10 aromatic carbocycles. The Morgan fingerprint density at radius 1 is 0.274 bits per heavy atom. The van der Waals surface area contributed by atoms with Gasteiger partial charge in [-0.25, -0.2) is 0 Å². The molecule has 0 bridgehead atoms. The highest BCUT2D eigenvalue weighted by Crippen LogP contribution is 2.49. The highest BCUT2D eigenvalue weighted by molar-refractivity contribution is 7.21. The maximum absolute atomic E-state index is 7.24. The fraction of sp³-hybridized carbons (Fsp3) is 0.118. The van der Waals surface area contributed by atoms with Gasteiger partial charge in [0.25, 0.3) is 0 Å². The molecule has 0 saturated carbocycles. The van der Waals surface area contributed by atoms with Crippen LogP contribution in [0.4, 0.5) is 0 Å². The minimum absolute atomic E-state index is 0.265. The molecule has 0 radical (unpaired) electrons. The standard InChI is InChI=1S/C68H60O2Si3/c1-67(2)57-39-19-21-43-61(57)69-65-59(67)41-25-45-63(65)72(49-27-11-7-12-28-49,50-29-13-8-14-30-50)55-37-23-35-53(47-55)71(5,6)54-36-24-38-56(48-54)73(51-31-15-9-16-32-51,52-33-17-10-18-34-52)64-46-26-42-60-66(64)70-62-44-22-20-40-58(62)68(60,3)4/h7-48H,1-6H3. The molecule has 356 valence electrons. The number of benzene rings is 10. The number of hydrogen-bond donors (Lipinski definition) is 0. The van der Waals surface area contributed by atoms with Gasteiger partial charge in [-0.1, -0.05) is 294 Å². The lowest BCUT2D eigenvalue weighted by atomic mass is 9.76. The summed E-state index contributed by atoms with van der Waals surface area (Å²) in [5.74, 6) is 3.84. The molecule has 2 aliphatic rings. The SMILES string of the molecule is CC1(C)c2ccccc2Oc2c1cccc2[Si](c1ccccc1)(c1ccccc1)c1cccc([Si](C)(C)c2cccc([Si](c3ccccc3)(c3ccccc3)c3cccc4c3Oc3ccccc3C4(C)C)c2)c1. The topological polar surface area (TPSA) is 18.5 Å². The number of para-hydroxylation sites is 4. The van der Waals surface area contributed by atoms with Crippen LogP contribution in [0.2, 0.25) is 13.1 Å². The van der Waals surface area contributed by atoms with E-state index in [1.807, 2.05) is 0 Å². The summed E-state index contributed by atoms with van der Waals surface area (Å²) in [6, 6.07) is 95.8. The second kappa shape index (κ2) is 17.9. The second-order valence-corrected chi connectivity index (χ2v) is 33.5. The maximum Gasteiger partial charge on any atom is 0.183 e. The summed E-state index contributed by atoms with van der Waals surface area (Å²) in [4.78, 5) is 0. The van der Waals surface area contributed by atoms with Crippen molar-refractivity contribution in [2.24, 2.45) is 0 Å². The summed E-state index contributed by atoms with van der Waals surface area (Å²) in [6.45, 7) is 14.5. The molecular formula is C68H60O2Si3. The molecular weight excluding hydrogens is 933 g/mol. The molecule has 0 spiro atoms. The van der Waals surface area contributed by atoms with E-state index in [0.717, 1.165) is 23.0 Å². The lowest BCUT2D eigenvalue weighted by Crippen LogP contribution is -2.76. The Hall–Kier alpha value is -7.55. The zero-order valence-electron chi connectivity index (χ0n) is 42.6. The van der Waals surface area contributed by atoms with Crippen molar-refractivity contribution in [3.05, 3.63) is 277 Å². The highest BCUT2D eigenvalue weighted by atomic mass is 28.3. The number of fused-ring (bicyclic) bond motifs is 4. The first-order valence-corrected chi connectivity index (χ1v) is 32.7. The zero-order valence-corrected chi connectivity index (χ0v) is 45.6. The first-order valence-electron chi connectivity index (χ1n) is 25.7. The van der Waals surface area contributed by atoms with Crippen molar-refractivity contribution < 1.29 is 9.47 Å². The van der Waals surface area contributed by atoms with Crippen LogP contribution in [0.5, 0.6) is 23.0 Å². The van der Waals surface area contributed by atoms with Crippen LogP contribution in [-0.2, 0) is 10.8 Å². The van der Waals surface area contributed by atoms with E-state index in [1.165, 1.54) is 74.1 Å². The summed E-state index contributed by atoms with van der Waals surface area (Å²) < 4.78 is 14.5. The van der Waals surface area contributed by atoms with E-state index in [2.05, 4.69) is 296 Å². The molecule has 0 saturated heterocycles. The average molecular weight is 993 g/mol. The number of ether oxygens (including phenoxy) is 2. The van der Waals surface area contributed by atoms with Crippen molar-refractivity contribution in [2.45, 2.75) is 51.6 Å². The quantitative estimate of drug-likeness (QED) is 0.100. The Balaban J connectivity index is 1.08. The Morgan fingerprint density at radius 2 is 0.548 bits per heavy atom. The van der Waals surface area contributed by atoms with Crippen molar-refractivity contribution in [3.63, 3.8) is 0 Å². The van der Waals surface area contributed by atoms with Crippen molar-refractivity contribution in [1.29, 1.82) is 0 Å². The maximum atomic E-state index is 7.24. The molecule has 0 fully saturated rings. The Kier molecular flexibility index (Phi) is 11.4. The van der Waals surface area contributed by atoms with Crippen molar-refractivity contribution >= 4 is 76.1 Å². The molecule has 73 heavy (non-hydrogen) atoms. The normalized spacial score (nSPS) is 14.3. The van der Waals surface area contributed by atoms with Gasteiger partial charge in [-0.3, -0.25) is 0 Å². The van der Waals surface area contributed by atoms with E-state index in [9.17, 15) is 0 Å². The van der Waals surface area contributed by atoms with E-state index in [-0.39, 0.29) is 10.8 Å². The van der Waals surface area contributed by atoms with Crippen LogP contribution < -0.4 is 61.3 Å². The summed E-state index contributed by atoms with van der Waals surface area (Å²) in [7, 11) is -8.71. The summed E-state index contributed by atoms with van der Waals surface area (Å²) in [6.07, 6.45) is 0. The second-order valence-electron chi connectivity index (χ2n) is 21.6. The molecule has 2 aliphatic heterocycles. The van der Waals surface area contributed by atoms with Gasteiger partial charge in [-0.05, 0) is 53.6 Å². The van der Waals surface area contributed by atoms with E-state index in [1.54, 1.807) is 0 Å². The summed E-state index contributed by atoms with van der Waals surface area (Å²) in [5.41, 5.74) is 4.33. The largest absolute Gasteiger partial charge is 0.457 e. The van der Waals surface area contributed by atoms with Gasteiger partial charge in [0.2, 0.25) is 0 Å². The first-order chi connectivity index (χ1) is 35.5. The molecule has 5 heteroatoms. The molecule has 2 nitrogen and oxygen atoms in total. The molecule has 0 aromatic heterocycles. The van der Waals surface area contributed by atoms with Gasteiger partial charge in [0.1, 0.15) is 31.1 Å². The lowest BCUT2D eigenvalue weighted by Gasteiger charge is -2.41. The average Bonchev–Trinajstić information content (AvgIpc) is 3.43. The molecule has 0 unspecified atom stereocenters. The van der Waals surface area contributed by atoms with Gasteiger partial charge >= 0.3 is 0 Å². The molecule has 12 rings (SSSR count). The molecule has 0 N–H and O–H groups in total. The molecule has 10 aromatic rings. The smallest absolute Gasteiger partial charge is 0.183 e. The third-order valence-electron chi connectivity index (χ3n) is 16.6. The van der Waals surface area contributed by atoms with E-state index < -0.39 is 24.2 Å². The monoisotopic (exact) mass is 992 g/mol. The van der Waals surface area contributed by atoms with Gasteiger partial charge < -0.3 is 9.47 Å². The van der Waals surface area contributed by atoms with Crippen LogP contribution in [0.15, 0.2) is 255 Å². The number of hydrogen-bond acceptors (Lipinski definition) is 2. The zero-order chi connectivity index (χ0) is 50.0. The molecule has 0 aliphatic carbocycles. The van der Waals surface area contributed by atoms with Crippen molar-refractivity contribution in [2.75, 3.05) is 0 Å². The Labute approximate surface area is 434 Å². The van der Waals surface area contributed by atoms with Gasteiger partial charge in [0.15, 0.2) is 16.1 Å². The van der Waals surface area contributed by atoms with Crippen LogP contribution in [0.3, 0.4) is 0 Å².